The van der Waals surface area contributed by atoms with Gasteiger partial charge in [0, 0.05) is 10.6 Å². The number of rotatable bonds is 6. The van der Waals surface area contributed by atoms with E-state index < -0.39 is 0 Å². The van der Waals surface area contributed by atoms with Gasteiger partial charge in [-0.2, -0.15) is 0 Å². The van der Waals surface area contributed by atoms with Crippen molar-refractivity contribution in [2.24, 2.45) is 0 Å². The summed E-state index contributed by atoms with van der Waals surface area (Å²) in [5.41, 5.74) is 1.72. The van der Waals surface area contributed by atoms with Gasteiger partial charge in [-0.1, -0.05) is 36.4 Å². The van der Waals surface area contributed by atoms with E-state index in [1.54, 1.807) is 18.0 Å². The van der Waals surface area contributed by atoms with Gasteiger partial charge in [-0.15, -0.1) is 11.3 Å². The molecule has 152 valence electrons. The number of anilines is 1. The highest BCUT2D eigenvalue weighted by Gasteiger charge is 2.13. The molecule has 3 heterocycles. The zero-order valence-corrected chi connectivity index (χ0v) is 17.5. The van der Waals surface area contributed by atoms with Gasteiger partial charge in [0.15, 0.2) is 0 Å². The van der Waals surface area contributed by atoms with Gasteiger partial charge in [-0.25, -0.2) is 9.97 Å². The van der Waals surface area contributed by atoms with E-state index in [1.165, 1.54) is 11.3 Å². The van der Waals surface area contributed by atoms with E-state index in [2.05, 4.69) is 20.3 Å². The number of hydrogen-bond acceptors (Lipinski definition) is 6. The third kappa shape index (κ3) is 4.61. The van der Waals surface area contributed by atoms with Gasteiger partial charge in [0.1, 0.15) is 16.5 Å². The quantitative estimate of drug-likeness (QED) is 0.500. The molecule has 0 saturated heterocycles. The molecule has 0 aliphatic heterocycles. The van der Waals surface area contributed by atoms with Crippen molar-refractivity contribution in [3.63, 3.8) is 0 Å². The van der Waals surface area contributed by atoms with Crippen LogP contribution in [-0.4, -0.2) is 39.4 Å². The number of nitrogens with one attached hydrogen (secondary N) is 2. The molecule has 0 radical (unpaired) electrons. The van der Waals surface area contributed by atoms with Crippen molar-refractivity contribution in [3.8, 4) is 10.4 Å². The van der Waals surface area contributed by atoms with Gasteiger partial charge in [-0.3, -0.25) is 14.5 Å². The number of aromatic nitrogens is 3. The van der Waals surface area contributed by atoms with E-state index in [4.69, 9.17) is 0 Å². The van der Waals surface area contributed by atoms with Crippen molar-refractivity contribution in [2.75, 3.05) is 18.9 Å². The summed E-state index contributed by atoms with van der Waals surface area (Å²) in [7, 11) is 1.80. The summed E-state index contributed by atoms with van der Waals surface area (Å²) in [6.45, 7) is 2.36. The van der Waals surface area contributed by atoms with Gasteiger partial charge in [0.25, 0.3) is 5.56 Å². The monoisotopic (exact) mass is 419 g/mol. The lowest BCUT2D eigenvalue weighted by molar-refractivity contribution is -0.117. The Morgan fingerprint density at radius 3 is 2.70 bits per heavy atom. The highest BCUT2D eigenvalue weighted by atomic mass is 32.1. The maximum atomic E-state index is 12.5. The van der Waals surface area contributed by atoms with Crippen LogP contribution in [0.5, 0.6) is 0 Å². The number of aromatic amines is 1. The number of nitrogens with zero attached hydrogens (tertiary/aromatic N) is 3. The normalized spacial score (nSPS) is 11.2. The maximum Gasteiger partial charge on any atom is 0.259 e. The number of fused-ring (bicyclic) bond motifs is 1. The molecule has 1 amide bonds. The molecule has 7 nitrogen and oxygen atoms in total. The highest BCUT2D eigenvalue weighted by Crippen LogP contribution is 2.30. The number of thiophene rings is 1. The maximum absolute atomic E-state index is 12.5. The molecule has 0 bridgehead atoms. The number of hydrogen-bond donors (Lipinski definition) is 2. The van der Waals surface area contributed by atoms with Crippen LogP contribution in [0.2, 0.25) is 0 Å². The van der Waals surface area contributed by atoms with Crippen LogP contribution in [-0.2, 0) is 11.3 Å². The minimum atomic E-state index is -0.179. The van der Waals surface area contributed by atoms with E-state index in [1.807, 2.05) is 55.5 Å². The summed E-state index contributed by atoms with van der Waals surface area (Å²) in [5, 5.41) is 3.36. The molecule has 1 aromatic carbocycles. The number of pyridine rings is 1. The van der Waals surface area contributed by atoms with Gasteiger partial charge >= 0.3 is 0 Å². The van der Waals surface area contributed by atoms with E-state index in [0.29, 0.717) is 28.4 Å². The van der Waals surface area contributed by atoms with Crippen molar-refractivity contribution in [2.45, 2.75) is 13.5 Å². The molecule has 0 atom stereocenters. The Morgan fingerprint density at radius 1 is 1.13 bits per heavy atom. The Labute approximate surface area is 177 Å². The van der Waals surface area contributed by atoms with Crippen LogP contribution in [0.25, 0.3) is 20.7 Å². The lowest BCUT2D eigenvalue weighted by Gasteiger charge is -2.15. The first-order chi connectivity index (χ1) is 14.5. The smallest absolute Gasteiger partial charge is 0.259 e. The molecular formula is C22H21N5O2S. The molecule has 8 heteroatoms. The van der Waals surface area contributed by atoms with Crippen LogP contribution in [0.15, 0.2) is 59.4 Å². The Bertz CT molecular complexity index is 1250. The van der Waals surface area contributed by atoms with Crippen LogP contribution >= 0.6 is 11.3 Å². The van der Waals surface area contributed by atoms with Crippen LogP contribution in [0.1, 0.15) is 11.5 Å². The van der Waals surface area contributed by atoms with Crippen molar-refractivity contribution in [3.05, 3.63) is 76.5 Å². The average Bonchev–Trinajstić information content (AvgIpc) is 3.13. The minimum absolute atomic E-state index is 0.150. The molecular weight excluding hydrogens is 398 g/mol. The molecule has 0 aliphatic carbocycles. The topological polar surface area (TPSA) is 91.0 Å². The Kier molecular flexibility index (Phi) is 5.69. The number of aryl methyl sites for hydroxylation is 1. The van der Waals surface area contributed by atoms with E-state index in [9.17, 15) is 9.59 Å². The summed E-state index contributed by atoms with van der Waals surface area (Å²) in [6, 6.07) is 17.2. The second kappa shape index (κ2) is 8.56. The summed E-state index contributed by atoms with van der Waals surface area (Å²) in [6.07, 6.45) is 0. The number of likely N-dealkylation sites (N-methyl/N-ethyl adjacent to an activating group) is 1. The third-order valence-electron chi connectivity index (χ3n) is 4.50. The fourth-order valence-corrected chi connectivity index (χ4v) is 4.20. The Balaban J connectivity index is 1.46. The van der Waals surface area contributed by atoms with E-state index >= 15 is 0 Å². The number of benzene rings is 1. The van der Waals surface area contributed by atoms with Crippen molar-refractivity contribution in [1.29, 1.82) is 0 Å². The van der Waals surface area contributed by atoms with Crippen molar-refractivity contribution >= 4 is 33.3 Å². The summed E-state index contributed by atoms with van der Waals surface area (Å²) in [5.74, 6) is 0.868. The van der Waals surface area contributed by atoms with Crippen LogP contribution in [0.4, 0.5) is 5.82 Å². The molecule has 0 aliphatic rings. The number of H-pyrrole nitrogens is 1. The molecule has 0 fully saturated rings. The first kappa shape index (κ1) is 19.9. The standard InChI is InChI=1S/C22H21N5O2S/c1-14-7-6-10-18(23-14)24-20(28)13-27(2)12-19-25-21(29)16-11-17(30-22(16)26-19)15-8-4-3-5-9-15/h3-11H,12-13H2,1-2H3,(H,23,24,28)(H,25,26,29). The summed E-state index contributed by atoms with van der Waals surface area (Å²) < 4.78 is 0. The van der Waals surface area contributed by atoms with Crippen LogP contribution < -0.4 is 10.9 Å². The molecule has 4 rings (SSSR count). The molecule has 0 saturated carbocycles. The zero-order chi connectivity index (χ0) is 21.1. The van der Waals surface area contributed by atoms with Gasteiger partial charge < -0.3 is 10.3 Å². The summed E-state index contributed by atoms with van der Waals surface area (Å²) >= 11 is 1.49. The van der Waals surface area contributed by atoms with Gasteiger partial charge in [-0.05, 0) is 37.7 Å². The van der Waals surface area contributed by atoms with Gasteiger partial charge in [0.2, 0.25) is 5.91 Å². The molecule has 0 unspecified atom stereocenters. The fraction of sp³-hybridized carbons (Fsp3) is 0.182. The minimum Gasteiger partial charge on any atom is -0.310 e. The van der Waals surface area contributed by atoms with Crippen molar-refractivity contribution < 1.29 is 4.79 Å². The first-order valence-electron chi connectivity index (χ1n) is 9.48. The lowest BCUT2D eigenvalue weighted by atomic mass is 10.2. The molecule has 4 aromatic rings. The Morgan fingerprint density at radius 2 is 1.93 bits per heavy atom. The molecule has 30 heavy (non-hydrogen) atoms. The second-order valence-corrected chi connectivity index (χ2v) is 8.12. The second-order valence-electron chi connectivity index (χ2n) is 7.09. The third-order valence-corrected chi connectivity index (χ3v) is 5.58. The predicted molar refractivity (Wildman–Crippen MR) is 120 cm³/mol. The number of carbonyl (C=O) groups excluding carboxylic acids is 1. The highest BCUT2D eigenvalue weighted by molar-refractivity contribution is 7.21. The number of amides is 1. The SMILES string of the molecule is Cc1cccc(NC(=O)CN(C)Cc2nc3sc(-c4ccccc4)cc3c(=O)[nH]2)n1. The predicted octanol–water partition coefficient (Wildman–Crippen LogP) is 3.43. The van der Waals surface area contributed by atoms with E-state index in [0.717, 1.165) is 16.1 Å². The Hall–Kier alpha value is -3.36. The van der Waals surface area contributed by atoms with Crippen LogP contribution in [0, 0.1) is 6.92 Å². The van der Waals surface area contributed by atoms with Crippen molar-refractivity contribution in [1.82, 2.24) is 19.9 Å². The average molecular weight is 420 g/mol. The molecule has 2 N–H and O–H groups in total. The largest absolute Gasteiger partial charge is 0.310 e. The fourth-order valence-electron chi connectivity index (χ4n) is 3.15. The van der Waals surface area contributed by atoms with Crippen LogP contribution in [0.3, 0.4) is 0 Å². The van der Waals surface area contributed by atoms with E-state index in [-0.39, 0.29) is 18.0 Å². The lowest BCUT2D eigenvalue weighted by Crippen LogP contribution is -2.31. The number of carbonyl (C=O) groups is 1. The van der Waals surface area contributed by atoms with Gasteiger partial charge in [0.05, 0.1) is 18.5 Å². The summed E-state index contributed by atoms with van der Waals surface area (Å²) in [4.78, 5) is 40.0. The zero-order valence-electron chi connectivity index (χ0n) is 16.7. The molecule has 0 spiro atoms. The first-order valence-corrected chi connectivity index (χ1v) is 10.3. The molecule has 3 aromatic heterocycles.